The van der Waals surface area contributed by atoms with Crippen LogP contribution in [0.5, 0.6) is 0 Å². The minimum absolute atomic E-state index is 0.153. The lowest BCUT2D eigenvalue weighted by molar-refractivity contribution is 0.0765. The zero-order valence-corrected chi connectivity index (χ0v) is 10.1. The van der Waals surface area contributed by atoms with Gasteiger partial charge in [0.2, 0.25) is 0 Å². The molecule has 0 aliphatic carbocycles. The fourth-order valence-corrected chi connectivity index (χ4v) is 3.03. The van der Waals surface area contributed by atoms with Gasteiger partial charge in [-0.15, -0.1) is 11.3 Å². The van der Waals surface area contributed by atoms with Crippen LogP contribution in [0.1, 0.15) is 16.8 Å². The van der Waals surface area contributed by atoms with Crippen LogP contribution in [0.4, 0.5) is 0 Å². The molecule has 1 fully saturated rings. The number of likely N-dealkylation sites (tertiary alicyclic amines) is 1. The van der Waals surface area contributed by atoms with Gasteiger partial charge in [0, 0.05) is 13.1 Å². The van der Waals surface area contributed by atoms with Crippen molar-refractivity contribution in [3.05, 3.63) is 20.3 Å². The van der Waals surface area contributed by atoms with Crippen LogP contribution in [0.15, 0.2) is 6.07 Å². The lowest BCUT2D eigenvalue weighted by Crippen LogP contribution is -2.29. The molecule has 0 unspecified atom stereocenters. The second-order valence-corrected chi connectivity index (χ2v) is 5.72. The highest BCUT2D eigenvalue weighted by Crippen LogP contribution is 2.32. The van der Waals surface area contributed by atoms with Crippen LogP contribution in [0.2, 0.25) is 8.67 Å². The number of aliphatic hydroxyl groups is 1. The third-order valence-electron chi connectivity index (χ3n) is 2.34. The Labute approximate surface area is 101 Å². The van der Waals surface area contributed by atoms with E-state index >= 15 is 0 Å². The van der Waals surface area contributed by atoms with Gasteiger partial charge in [0.15, 0.2) is 0 Å². The maximum Gasteiger partial charge on any atom is 0.256 e. The molecule has 1 aromatic heterocycles. The quantitative estimate of drug-likeness (QED) is 0.847. The van der Waals surface area contributed by atoms with Crippen molar-refractivity contribution in [1.82, 2.24) is 4.90 Å². The van der Waals surface area contributed by atoms with Crippen LogP contribution in [0.3, 0.4) is 0 Å². The largest absolute Gasteiger partial charge is 0.391 e. The molecule has 0 bridgehead atoms. The van der Waals surface area contributed by atoms with E-state index in [0.717, 1.165) is 0 Å². The number of aliphatic hydroxyl groups excluding tert-OH is 1. The molecule has 2 heterocycles. The maximum absolute atomic E-state index is 11.9. The Hall–Kier alpha value is -0.290. The molecule has 0 saturated carbocycles. The zero-order valence-electron chi connectivity index (χ0n) is 7.74. The zero-order chi connectivity index (χ0) is 11.0. The second-order valence-electron chi connectivity index (χ2n) is 3.43. The number of halogens is 2. The number of carbonyl (C=O) groups is 1. The van der Waals surface area contributed by atoms with Crippen molar-refractivity contribution in [2.75, 3.05) is 13.1 Å². The first-order chi connectivity index (χ1) is 7.08. The third kappa shape index (κ3) is 2.28. The van der Waals surface area contributed by atoms with Gasteiger partial charge in [0.25, 0.3) is 5.91 Å². The number of hydrogen-bond acceptors (Lipinski definition) is 3. The Morgan fingerprint density at radius 1 is 1.60 bits per heavy atom. The van der Waals surface area contributed by atoms with Gasteiger partial charge >= 0.3 is 0 Å². The lowest BCUT2D eigenvalue weighted by atomic mass is 10.3. The van der Waals surface area contributed by atoms with Crippen LogP contribution in [0, 0.1) is 0 Å². The predicted octanol–water partition coefficient (Wildman–Crippen LogP) is 2.26. The Morgan fingerprint density at radius 2 is 2.33 bits per heavy atom. The maximum atomic E-state index is 11.9. The predicted molar refractivity (Wildman–Crippen MR) is 60.9 cm³/mol. The Kier molecular flexibility index (Phi) is 3.21. The minimum atomic E-state index is -0.415. The van der Waals surface area contributed by atoms with E-state index in [-0.39, 0.29) is 5.91 Å². The minimum Gasteiger partial charge on any atom is -0.391 e. The van der Waals surface area contributed by atoms with E-state index in [1.54, 1.807) is 11.0 Å². The molecule has 1 saturated heterocycles. The van der Waals surface area contributed by atoms with E-state index in [9.17, 15) is 9.90 Å². The summed E-state index contributed by atoms with van der Waals surface area (Å²) in [6.07, 6.45) is 0.211. The molecule has 3 nitrogen and oxygen atoms in total. The van der Waals surface area contributed by atoms with Crippen LogP contribution in [0.25, 0.3) is 0 Å². The van der Waals surface area contributed by atoms with E-state index in [0.29, 0.717) is 33.7 Å². The first kappa shape index (κ1) is 11.2. The lowest BCUT2D eigenvalue weighted by Gasteiger charge is -2.14. The highest BCUT2D eigenvalue weighted by atomic mass is 35.5. The monoisotopic (exact) mass is 265 g/mol. The first-order valence-electron chi connectivity index (χ1n) is 4.50. The van der Waals surface area contributed by atoms with Gasteiger partial charge in [-0.2, -0.15) is 0 Å². The second kappa shape index (κ2) is 4.29. The Balaban J connectivity index is 2.17. The van der Waals surface area contributed by atoms with E-state index in [1.807, 2.05) is 0 Å². The number of amides is 1. The van der Waals surface area contributed by atoms with Crippen molar-refractivity contribution in [1.29, 1.82) is 0 Å². The summed E-state index contributed by atoms with van der Waals surface area (Å²) in [6, 6.07) is 1.57. The van der Waals surface area contributed by atoms with Crippen LogP contribution in [-0.4, -0.2) is 35.1 Å². The van der Waals surface area contributed by atoms with Crippen LogP contribution >= 0.6 is 34.5 Å². The third-order valence-corrected chi connectivity index (χ3v) is 3.83. The summed E-state index contributed by atoms with van der Waals surface area (Å²) in [5, 5.41) is 9.32. The molecule has 1 aliphatic heterocycles. The molecule has 0 spiro atoms. The molecule has 1 atom stereocenters. The number of β-amino-alcohol motifs (C(OH)–C–C–N with tert-alkyl or cyclic N) is 1. The summed E-state index contributed by atoms with van der Waals surface area (Å²) < 4.78 is 0.912. The topological polar surface area (TPSA) is 40.5 Å². The molecule has 1 N–H and O–H groups in total. The Bertz CT molecular complexity index is 393. The van der Waals surface area contributed by atoms with E-state index in [2.05, 4.69) is 0 Å². The van der Waals surface area contributed by atoms with Crippen molar-refractivity contribution >= 4 is 40.4 Å². The molecule has 0 aromatic carbocycles. The van der Waals surface area contributed by atoms with Gasteiger partial charge in [-0.1, -0.05) is 23.2 Å². The van der Waals surface area contributed by atoms with Crippen molar-refractivity contribution in [3.63, 3.8) is 0 Å². The number of rotatable bonds is 1. The van der Waals surface area contributed by atoms with Gasteiger partial charge in [0.1, 0.15) is 4.34 Å². The standard InChI is InChI=1S/C9H9Cl2NO2S/c10-7-3-6(8(11)15-7)9(14)12-2-1-5(13)4-12/h3,5,13H,1-2,4H2/t5-/m1/s1. The molecule has 1 amide bonds. The number of hydrogen-bond donors (Lipinski definition) is 1. The molecule has 2 rings (SSSR count). The first-order valence-corrected chi connectivity index (χ1v) is 6.07. The van der Waals surface area contributed by atoms with Crippen LogP contribution in [-0.2, 0) is 0 Å². The van der Waals surface area contributed by atoms with E-state index in [1.165, 1.54) is 11.3 Å². The van der Waals surface area contributed by atoms with E-state index in [4.69, 9.17) is 23.2 Å². The highest BCUT2D eigenvalue weighted by molar-refractivity contribution is 7.20. The van der Waals surface area contributed by atoms with Crippen molar-refractivity contribution < 1.29 is 9.90 Å². The molecular weight excluding hydrogens is 257 g/mol. The normalized spacial score (nSPS) is 21.0. The molecule has 1 aliphatic rings. The molecule has 6 heteroatoms. The fraction of sp³-hybridized carbons (Fsp3) is 0.444. The summed E-state index contributed by atoms with van der Waals surface area (Å²) in [5.74, 6) is -0.153. The number of carbonyl (C=O) groups excluding carboxylic acids is 1. The van der Waals surface area contributed by atoms with Crippen molar-refractivity contribution in [3.8, 4) is 0 Å². The highest BCUT2D eigenvalue weighted by Gasteiger charge is 2.27. The van der Waals surface area contributed by atoms with Crippen LogP contribution < -0.4 is 0 Å². The summed E-state index contributed by atoms with van der Waals surface area (Å²) in [7, 11) is 0. The molecular formula is C9H9Cl2NO2S. The fourth-order valence-electron chi connectivity index (χ4n) is 1.58. The van der Waals surface area contributed by atoms with Gasteiger partial charge in [-0.05, 0) is 12.5 Å². The van der Waals surface area contributed by atoms with E-state index < -0.39 is 6.10 Å². The summed E-state index contributed by atoms with van der Waals surface area (Å²) in [6.45, 7) is 0.951. The molecule has 1 aromatic rings. The smallest absolute Gasteiger partial charge is 0.256 e. The number of nitrogens with zero attached hydrogens (tertiary/aromatic N) is 1. The molecule has 82 valence electrons. The summed E-state index contributed by atoms with van der Waals surface area (Å²) >= 11 is 12.8. The van der Waals surface area contributed by atoms with Gasteiger partial charge in [0.05, 0.1) is 16.0 Å². The molecule has 15 heavy (non-hydrogen) atoms. The van der Waals surface area contributed by atoms with Crippen molar-refractivity contribution in [2.45, 2.75) is 12.5 Å². The summed E-state index contributed by atoms with van der Waals surface area (Å²) in [5.41, 5.74) is 0.431. The van der Waals surface area contributed by atoms with Gasteiger partial charge in [-0.3, -0.25) is 4.79 Å². The average Bonchev–Trinajstić information content (AvgIpc) is 2.71. The SMILES string of the molecule is O=C(c1cc(Cl)sc1Cl)N1CC[C@@H](O)C1. The molecule has 0 radical (unpaired) electrons. The number of thiophene rings is 1. The summed E-state index contributed by atoms with van der Waals surface area (Å²) in [4.78, 5) is 13.5. The Morgan fingerprint density at radius 3 is 2.80 bits per heavy atom. The average molecular weight is 266 g/mol. The van der Waals surface area contributed by atoms with Gasteiger partial charge in [-0.25, -0.2) is 0 Å². The van der Waals surface area contributed by atoms with Crippen molar-refractivity contribution in [2.24, 2.45) is 0 Å². The van der Waals surface area contributed by atoms with Gasteiger partial charge < -0.3 is 10.0 Å².